The molecule has 0 spiro atoms. The first-order valence-electron chi connectivity index (χ1n) is 14.7. The van der Waals surface area contributed by atoms with Gasteiger partial charge in [-0.1, -0.05) is 53.2 Å². The number of carbonyl (C=O) groups is 3. The summed E-state index contributed by atoms with van der Waals surface area (Å²) >= 11 is 0. The Balaban J connectivity index is 1.66. The highest BCUT2D eigenvalue weighted by molar-refractivity contribution is 5.85. The molecule has 4 saturated carbocycles. The van der Waals surface area contributed by atoms with E-state index in [9.17, 15) is 19.5 Å². The first-order valence-corrected chi connectivity index (χ1v) is 14.7. The normalized spacial score (nSPS) is 45.9. The van der Waals surface area contributed by atoms with Crippen LogP contribution in [-0.2, 0) is 19.1 Å². The number of carboxylic acid groups (broad SMARTS) is 1. The van der Waals surface area contributed by atoms with Crippen molar-refractivity contribution in [3.8, 4) is 0 Å². The van der Waals surface area contributed by atoms with Crippen LogP contribution >= 0.6 is 0 Å². The Morgan fingerprint density at radius 2 is 1.65 bits per heavy atom. The van der Waals surface area contributed by atoms with Gasteiger partial charge in [-0.3, -0.25) is 14.4 Å². The number of esters is 1. The van der Waals surface area contributed by atoms with Crippen molar-refractivity contribution in [3.05, 3.63) is 11.6 Å². The largest absolute Gasteiger partial charge is 0.481 e. The van der Waals surface area contributed by atoms with Crippen LogP contribution in [0.5, 0.6) is 0 Å². The SMILES string of the molecule is CC(=O)OC[C@@]12CC[C@@]3(C(=O)O)CCC(C)(C)CC3C1=CC[C@@H]1[C@@]3(C)CCC(=O)C(C)(C)C3CC[C@]12C. The molecule has 206 valence electrons. The number of fused-ring (bicyclic) bond motifs is 7. The summed E-state index contributed by atoms with van der Waals surface area (Å²) < 4.78 is 5.93. The minimum Gasteiger partial charge on any atom is -0.481 e. The standard InChI is InChI=1S/C32H48O5/c1-20(33)37-19-32-17-16-31(26(35)36)15-14-27(2,3)18-22(31)21(32)8-9-24-29(6)12-11-25(34)28(4,5)23(29)10-13-30(24,32)7/h8,22-24H,9-19H2,1-7H3,(H,35,36)/t22?,23?,24-,29+,30-,31+,32+/m1/s1. The molecule has 0 saturated heterocycles. The third kappa shape index (κ3) is 3.50. The van der Waals surface area contributed by atoms with Gasteiger partial charge in [0.15, 0.2) is 0 Å². The Hall–Kier alpha value is -1.65. The van der Waals surface area contributed by atoms with Crippen LogP contribution in [0.25, 0.3) is 0 Å². The zero-order chi connectivity index (χ0) is 27.2. The average molecular weight is 513 g/mol. The lowest BCUT2D eigenvalue weighted by Crippen LogP contribution is -2.66. The van der Waals surface area contributed by atoms with Crippen LogP contribution < -0.4 is 0 Å². The van der Waals surface area contributed by atoms with Crippen molar-refractivity contribution >= 4 is 17.7 Å². The van der Waals surface area contributed by atoms with Gasteiger partial charge in [-0.15, -0.1) is 0 Å². The lowest BCUT2D eigenvalue weighted by Gasteiger charge is -2.70. The van der Waals surface area contributed by atoms with Gasteiger partial charge >= 0.3 is 11.9 Å². The van der Waals surface area contributed by atoms with E-state index in [0.29, 0.717) is 37.1 Å². The summed E-state index contributed by atoms with van der Waals surface area (Å²) in [5.74, 6) is 0.183. The number of ketones is 1. The van der Waals surface area contributed by atoms with Gasteiger partial charge in [0.1, 0.15) is 12.4 Å². The molecule has 5 rings (SSSR count). The fraction of sp³-hybridized carbons (Fsp3) is 0.844. The van der Waals surface area contributed by atoms with E-state index in [-0.39, 0.29) is 39.0 Å². The highest BCUT2D eigenvalue weighted by Crippen LogP contribution is 2.75. The number of allylic oxidation sites excluding steroid dienone is 1. The number of hydrogen-bond acceptors (Lipinski definition) is 4. The Bertz CT molecular complexity index is 1050. The predicted molar refractivity (Wildman–Crippen MR) is 143 cm³/mol. The van der Waals surface area contributed by atoms with Gasteiger partial charge in [0, 0.05) is 24.2 Å². The van der Waals surface area contributed by atoms with E-state index in [0.717, 1.165) is 51.4 Å². The molecule has 1 N–H and O–H groups in total. The number of carboxylic acids is 1. The van der Waals surface area contributed by atoms with Crippen LogP contribution in [0.4, 0.5) is 0 Å². The van der Waals surface area contributed by atoms with Crippen molar-refractivity contribution in [1.29, 1.82) is 0 Å². The van der Waals surface area contributed by atoms with Crippen LogP contribution in [0, 0.1) is 50.2 Å². The highest BCUT2D eigenvalue weighted by atomic mass is 16.5. The van der Waals surface area contributed by atoms with Gasteiger partial charge in [-0.05, 0) is 91.8 Å². The molecule has 0 aliphatic heterocycles. The maximum absolute atomic E-state index is 13.0. The molecule has 0 heterocycles. The van der Waals surface area contributed by atoms with Crippen molar-refractivity contribution < 1.29 is 24.2 Å². The molecule has 0 aromatic heterocycles. The summed E-state index contributed by atoms with van der Waals surface area (Å²) in [5.41, 5.74) is -0.0992. The molecule has 0 bridgehead atoms. The summed E-state index contributed by atoms with van der Waals surface area (Å²) in [6.45, 7) is 15.6. The number of hydrogen-bond donors (Lipinski definition) is 1. The molecule has 7 atom stereocenters. The van der Waals surface area contributed by atoms with Gasteiger partial charge < -0.3 is 9.84 Å². The van der Waals surface area contributed by atoms with E-state index in [1.165, 1.54) is 12.5 Å². The smallest absolute Gasteiger partial charge is 0.310 e. The van der Waals surface area contributed by atoms with E-state index in [2.05, 4.69) is 47.6 Å². The minimum atomic E-state index is -0.718. The van der Waals surface area contributed by atoms with Crippen molar-refractivity contribution in [2.75, 3.05) is 6.61 Å². The molecule has 0 aromatic rings. The predicted octanol–water partition coefficient (Wildman–Crippen LogP) is 6.99. The first-order chi connectivity index (χ1) is 17.1. The number of ether oxygens (including phenoxy) is 1. The molecule has 5 heteroatoms. The van der Waals surface area contributed by atoms with Crippen LogP contribution in [0.15, 0.2) is 11.6 Å². The van der Waals surface area contributed by atoms with Crippen LogP contribution in [-0.4, -0.2) is 29.4 Å². The second-order valence-electron chi connectivity index (χ2n) is 15.4. The van der Waals surface area contributed by atoms with E-state index in [1.807, 2.05) is 0 Å². The number of Topliss-reactive ketones (excluding diaryl/α,β-unsaturated/α-hetero) is 1. The average Bonchev–Trinajstić information content (AvgIpc) is 2.79. The molecule has 4 fully saturated rings. The lowest BCUT2D eigenvalue weighted by molar-refractivity contribution is -0.203. The first kappa shape index (κ1) is 26.9. The summed E-state index contributed by atoms with van der Waals surface area (Å²) in [5, 5.41) is 10.6. The summed E-state index contributed by atoms with van der Waals surface area (Å²) in [4.78, 5) is 38.2. The zero-order valence-electron chi connectivity index (χ0n) is 24.2. The molecule has 2 unspecified atom stereocenters. The third-order valence-corrected chi connectivity index (χ3v) is 13.0. The molecular weight excluding hydrogens is 464 g/mol. The molecule has 5 nitrogen and oxygen atoms in total. The maximum Gasteiger partial charge on any atom is 0.310 e. The Morgan fingerprint density at radius 3 is 2.30 bits per heavy atom. The minimum absolute atomic E-state index is 0.0225. The van der Waals surface area contributed by atoms with Gasteiger partial charge in [-0.2, -0.15) is 0 Å². The highest BCUT2D eigenvalue weighted by Gasteiger charge is 2.70. The van der Waals surface area contributed by atoms with E-state index in [1.54, 1.807) is 0 Å². The van der Waals surface area contributed by atoms with Gasteiger partial charge in [-0.25, -0.2) is 0 Å². The van der Waals surface area contributed by atoms with Crippen molar-refractivity contribution in [3.63, 3.8) is 0 Å². The molecule has 5 aliphatic rings. The second-order valence-corrected chi connectivity index (χ2v) is 15.4. The Morgan fingerprint density at radius 1 is 0.973 bits per heavy atom. The van der Waals surface area contributed by atoms with Gasteiger partial charge in [0.05, 0.1) is 5.41 Å². The summed E-state index contributed by atoms with van der Waals surface area (Å²) in [6.07, 6.45) is 10.8. The summed E-state index contributed by atoms with van der Waals surface area (Å²) in [7, 11) is 0. The molecule has 0 aromatic carbocycles. The molecule has 0 amide bonds. The molecule has 37 heavy (non-hydrogen) atoms. The number of aliphatic carboxylic acids is 1. The maximum atomic E-state index is 13.0. The van der Waals surface area contributed by atoms with Gasteiger partial charge in [0.2, 0.25) is 0 Å². The third-order valence-electron chi connectivity index (χ3n) is 13.0. The topological polar surface area (TPSA) is 80.7 Å². The second kappa shape index (κ2) is 8.18. The van der Waals surface area contributed by atoms with Crippen LogP contribution in [0.1, 0.15) is 113 Å². The molecule has 0 radical (unpaired) electrons. The fourth-order valence-corrected chi connectivity index (χ4v) is 10.8. The van der Waals surface area contributed by atoms with Gasteiger partial charge in [0.25, 0.3) is 0 Å². The van der Waals surface area contributed by atoms with E-state index >= 15 is 0 Å². The number of rotatable bonds is 3. The molecular formula is C32H48O5. The Kier molecular flexibility index (Phi) is 5.95. The molecule has 5 aliphatic carbocycles. The summed E-state index contributed by atoms with van der Waals surface area (Å²) in [6, 6.07) is 0. The van der Waals surface area contributed by atoms with E-state index < -0.39 is 11.4 Å². The fourth-order valence-electron chi connectivity index (χ4n) is 10.8. The van der Waals surface area contributed by atoms with Crippen LogP contribution in [0.2, 0.25) is 0 Å². The van der Waals surface area contributed by atoms with Crippen LogP contribution in [0.3, 0.4) is 0 Å². The van der Waals surface area contributed by atoms with Crippen molar-refractivity contribution in [2.45, 2.75) is 113 Å². The quantitative estimate of drug-likeness (QED) is 0.326. The van der Waals surface area contributed by atoms with E-state index in [4.69, 9.17) is 4.74 Å². The number of carbonyl (C=O) groups excluding carboxylic acids is 2. The zero-order valence-corrected chi connectivity index (χ0v) is 24.2. The lowest BCUT2D eigenvalue weighted by atomic mass is 9.33. The van der Waals surface area contributed by atoms with Crippen molar-refractivity contribution in [1.82, 2.24) is 0 Å². The monoisotopic (exact) mass is 512 g/mol. The Labute approximate surface area is 223 Å². The van der Waals surface area contributed by atoms with Crippen molar-refractivity contribution in [2.24, 2.45) is 50.2 Å².